The Hall–Kier alpha value is -3.02. The molecule has 0 spiro atoms. The molecule has 25 heavy (non-hydrogen) atoms. The van der Waals surface area contributed by atoms with Gasteiger partial charge in [-0.15, -0.1) is 5.10 Å². The molecular weight excluding hydrogens is 312 g/mol. The average molecular weight is 330 g/mol. The largest absolute Gasteiger partial charge is 0.350 e. The van der Waals surface area contributed by atoms with E-state index >= 15 is 0 Å². The molecule has 5 rings (SSSR count). The fraction of sp³-hybridized carbons (Fsp3) is 0.263. The van der Waals surface area contributed by atoms with Crippen LogP contribution in [0.2, 0.25) is 0 Å². The lowest BCUT2D eigenvalue weighted by molar-refractivity contribution is 0.681. The van der Waals surface area contributed by atoms with Crippen LogP contribution in [0.25, 0.3) is 27.8 Å². The summed E-state index contributed by atoms with van der Waals surface area (Å²) in [4.78, 5) is 13.5. The van der Waals surface area contributed by atoms with E-state index in [0.29, 0.717) is 12.0 Å². The monoisotopic (exact) mass is 330 g/mol. The third kappa shape index (κ3) is 2.59. The van der Waals surface area contributed by atoms with E-state index in [0.717, 1.165) is 33.7 Å². The summed E-state index contributed by atoms with van der Waals surface area (Å²) in [7, 11) is 0. The summed E-state index contributed by atoms with van der Waals surface area (Å²) in [5, 5.41) is 7.99. The number of rotatable bonds is 4. The zero-order valence-corrected chi connectivity index (χ0v) is 13.9. The maximum atomic E-state index is 4.72. The van der Waals surface area contributed by atoms with E-state index in [1.54, 1.807) is 6.20 Å². The Morgan fingerprint density at radius 2 is 2.04 bits per heavy atom. The minimum absolute atomic E-state index is 0.419. The molecule has 0 saturated heterocycles. The van der Waals surface area contributed by atoms with E-state index in [4.69, 9.17) is 4.98 Å². The summed E-state index contributed by atoms with van der Waals surface area (Å²) in [6.07, 6.45) is 8.19. The molecule has 4 heterocycles. The first-order valence-electron chi connectivity index (χ1n) is 8.61. The van der Waals surface area contributed by atoms with Gasteiger partial charge in [0.05, 0.1) is 28.4 Å². The van der Waals surface area contributed by atoms with E-state index in [9.17, 15) is 0 Å². The topological polar surface area (TPSA) is 68.0 Å². The zero-order valence-electron chi connectivity index (χ0n) is 13.9. The Kier molecular flexibility index (Phi) is 3.16. The first kappa shape index (κ1) is 14.3. The Labute approximate surface area is 145 Å². The van der Waals surface area contributed by atoms with Gasteiger partial charge >= 0.3 is 0 Å². The summed E-state index contributed by atoms with van der Waals surface area (Å²) in [5.41, 5.74) is 4.65. The third-order valence-electron chi connectivity index (χ3n) is 4.83. The minimum Gasteiger partial charge on any atom is -0.350 e. The molecule has 0 amide bonds. The fourth-order valence-corrected chi connectivity index (χ4v) is 3.21. The molecule has 124 valence electrons. The van der Waals surface area contributed by atoms with Crippen molar-refractivity contribution in [2.45, 2.75) is 25.8 Å². The van der Waals surface area contributed by atoms with Crippen LogP contribution in [0.1, 0.15) is 19.8 Å². The lowest BCUT2D eigenvalue weighted by Gasteiger charge is -2.12. The summed E-state index contributed by atoms with van der Waals surface area (Å²) >= 11 is 0. The highest BCUT2D eigenvalue weighted by Gasteiger charge is 2.28. The molecule has 6 nitrogen and oxygen atoms in total. The molecule has 4 aromatic heterocycles. The molecule has 0 radical (unpaired) electrons. The maximum Gasteiger partial charge on any atom is 0.241 e. The highest BCUT2D eigenvalue weighted by atomic mass is 15.3. The second kappa shape index (κ2) is 5.51. The Balaban J connectivity index is 1.52. The summed E-state index contributed by atoms with van der Waals surface area (Å²) in [5.74, 6) is 1.43. The highest BCUT2D eigenvalue weighted by molar-refractivity contribution is 5.83. The molecule has 1 aliphatic carbocycles. The molecule has 1 atom stereocenters. The van der Waals surface area contributed by atoms with Gasteiger partial charge in [0.15, 0.2) is 0 Å². The lowest BCUT2D eigenvalue weighted by atomic mass is 10.1. The van der Waals surface area contributed by atoms with Gasteiger partial charge in [-0.25, -0.2) is 14.5 Å². The Bertz CT molecular complexity index is 1070. The third-order valence-corrected chi connectivity index (χ3v) is 4.83. The highest BCUT2D eigenvalue weighted by Crippen LogP contribution is 2.33. The Morgan fingerprint density at radius 3 is 2.92 bits per heavy atom. The smallest absolute Gasteiger partial charge is 0.241 e. The normalized spacial score (nSPS) is 15.6. The second-order valence-corrected chi connectivity index (χ2v) is 6.65. The number of pyridine rings is 2. The number of aromatic nitrogens is 5. The van der Waals surface area contributed by atoms with Crippen LogP contribution in [0, 0.1) is 5.92 Å². The van der Waals surface area contributed by atoms with Crippen LogP contribution in [0.4, 0.5) is 5.95 Å². The van der Waals surface area contributed by atoms with Crippen molar-refractivity contribution in [3.8, 4) is 11.3 Å². The molecule has 1 aliphatic rings. The Morgan fingerprint density at radius 1 is 1.12 bits per heavy atom. The standard InChI is InChI=1S/C19H18N6/c1-12(13-4-5-13)22-19-21-11-18-14(8-10-25(18)24-19)15-6-7-16-17(23-15)3-2-9-20-16/h2-3,6-13H,4-5H2,1H3,(H,22,24)/t12-/m1/s1. The lowest BCUT2D eigenvalue weighted by Crippen LogP contribution is -2.19. The van der Waals surface area contributed by atoms with Crippen LogP contribution >= 0.6 is 0 Å². The molecule has 0 bridgehead atoms. The molecule has 0 unspecified atom stereocenters. The molecule has 0 aliphatic heterocycles. The molecule has 1 fully saturated rings. The number of nitrogens with zero attached hydrogens (tertiary/aromatic N) is 5. The predicted molar refractivity (Wildman–Crippen MR) is 97.3 cm³/mol. The predicted octanol–water partition coefficient (Wildman–Crippen LogP) is 3.55. The van der Waals surface area contributed by atoms with E-state index in [2.05, 4.69) is 27.3 Å². The van der Waals surface area contributed by atoms with Gasteiger partial charge in [-0.3, -0.25) is 4.98 Å². The second-order valence-electron chi connectivity index (χ2n) is 6.65. The van der Waals surface area contributed by atoms with E-state index in [-0.39, 0.29) is 0 Å². The SMILES string of the molecule is C[C@@H](Nc1ncc2c(-c3ccc4ncccc4n3)ccn2n1)C1CC1. The molecule has 1 saturated carbocycles. The van der Waals surface area contributed by atoms with Gasteiger partial charge in [0.2, 0.25) is 5.95 Å². The molecule has 0 aromatic carbocycles. The van der Waals surface area contributed by atoms with Gasteiger partial charge < -0.3 is 5.32 Å². The zero-order chi connectivity index (χ0) is 16.8. The van der Waals surface area contributed by atoms with Gasteiger partial charge in [-0.1, -0.05) is 0 Å². The first-order chi connectivity index (χ1) is 12.3. The average Bonchev–Trinajstić information content (AvgIpc) is 3.41. The number of fused-ring (bicyclic) bond motifs is 2. The van der Waals surface area contributed by atoms with E-state index in [1.807, 2.05) is 47.2 Å². The number of hydrogen-bond acceptors (Lipinski definition) is 5. The summed E-state index contributed by atoms with van der Waals surface area (Å²) in [6, 6.07) is 10.3. The van der Waals surface area contributed by atoms with Crippen molar-refractivity contribution < 1.29 is 0 Å². The number of anilines is 1. The quantitative estimate of drug-likeness (QED) is 0.620. The molecule has 6 heteroatoms. The van der Waals surface area contributed by atoms with Crippen LogP contribution in [-0.4, -0.2) is 30.6 Å². The van der Waals surface area contributed by atoms with Gasteiger partial charge in [0, 0.05) is 24.0 Å². The van der Waals surface area contributed by atoms with Crippen LogP contribution in [0.5, 0.6) is 0 Å². The van der Waals surface area contributed by atoms with E-state index < -0.39 is 0 Å². The van der Waals surface area contributed by atoms with Gasteiger partial charge in [0.1, 0.15) is 0 Å². The van der Waals surface area contributed by atoms with Gasteiger partial charge in [-0.05, 0) is 56.0 Å². The van der Waals surface area contributed by atoms with Crippen LogP contribution in [-0.2, 0) is 0 Å². The van der Waals surface area contributed by atoms with Crippen molar-refractivity contribution in [3.63, 3.8) is 0 Å². The maximum absolute atomic E-state index is 4.72. The van der Waals surface area contributed by atoms with Crippen molar-refractivity contribution in [2.24, 2.45) is 5.92 Å². The first-order valence-corrected chi connectivity index (χ1v) is 8.61. The fourth-order valence-electron chi connectivity index (χ4n) is 3.21. The molecular formula is C19H18N6. The van der Waals surface area contributed by atoms with Crippen molar-refractivity contribution in [2.75, 3.05) is 5.32 Å². The van der Waals surface area contributed by atoms with Crippen LogP contribution in [0.15, 0.2) is 48.9 Å². The van der Waals surface area contributed by atoms with Crippen molar-refractivity contribution in [1.29, 1.82) is 0 Å². The van der Waals surface area contributed by atoms with Crippen molar-refractivity contribution in [1.82, 2.24) is 24.6 Å². The summed E-state index contributed by atoms with van der Waals surface area (Å²) < 4.78 is 1.86. The van der Waals surface area contributed by atoms with Gasteiger partial charge in [0.25, 0.3) is 0 Å². The molecule has 1 N–H and O–H groups in total. The number of nitrogens with one attached hydrogen (secondary N) is 1. The summed E-state index contributed by atoms with van der Waals surface area (Å²) in [6.45, 7) is 2.19. The number of hydrogen-bond donors (Lipinski definition) is 1. The molecule has 4 aromatic rings. The van der Waals surface area contributed by atoms with Gasteiger partial charge in [-0.2, -0.15) is 0 Å². The van der Waals surface area contributed by atoms with E-state index in [1.165, 1.54) is 12.8 Å². The van der Waals surface area contributed by atoms with Crippen LogP contribution < -0.4 is 5.32 Å². The minimum atomic E-state index is 0.419. The van der Waals surface area contributed by atoms with Crippen molar-refractivity contribution >= 4 is 22.5 Å². The van der Waals surface area contributed by atoms with Crippen molar-refractivity contribution in [3.05, 3.63) is 48.9 Å². The van der Waals surface area contributed by atoms with Crippen LogP contribution in [0.3, 0.4) is 0 Å².